The van der Waals surface area contributed by atoms with E-state index in [9.17, 15) is 0 Å². The summed E-state index contributed by atoms with van der Waals surface area (Å²) in [6.07, 6.45) is 3.38. The maximum Gasteiger partial charge on any atom is 0.0991 e. The molecule has 0 radical (unpaired) electrons. The first-order valence-corrected chi connectivity index (χ1v) is 4.08. The molecule has 0 amide bonds. The van der Waals surface area contributed by atoms with Crippen molar-refractivity contribution >= 4 is 0 Å². The number of nitrogens with zero attached hydrogens (tertiary/aromatic N) is 2. The highest BCUT2D eigenvalue weighted by atomic mass is 15.1. The molecule has 0 aromatic heterocycles. The minimum Gasteiger partial charge on any atom is -0.390 e. The molecule has 0 saturated carbocycles. The Kier molecular flexibility index (Phi) is 3.08. The van der Waals surface area contributed by atoms with Crippen molar-refractivity contribution in [3.05, 3.63) is 11.8 Å². The molecule has 0 fully saturated rings. The Morgan fingerprint density at radius 3 is 3.09 bits per heavy atom. The summed E-state index contributed by atoms with van der Waals surface area (Å²) < 4.78 is 0. The third-order valence-electron chi connectivity index (χ3n) is 1.94. The monoisotopic (exact) mass is 153 g/mol. The van der Waals surface area contributed by atoms with E-state index in [1.807, 2.05) is 7.05 Å². The molecule has 0 bridgehead atoms. The van der Waals surface area contributed by atoms with Crippen LogP contribution in [0.5, 0.6) is 0 Å². The lowest BCUT2D eigenvalue weighted by atomic mass is 10.1. The second-order valence-electron chi connectivity index (χ2n) is 2.73. The van der Waals surface area contributed by atoms with Crippen molar-refractivity contribution in [3.8, 4) is 0 Å². The molecule has 1 aliphatic rings. The zero-order valence-corrected chi connectivity index (χ0v) is 7.17. The van der Waals surface area contributed by atoms with E-state index >= 15 is 0 Å². The molecule has 1 aliphatic heterocycles. The fourth-order valence-electron chi connectivity index (χ4n) is 1.09. The van der Waals surface area contributed by atoms with Crippen LogP contribution in [0.2, 0.25) is 0 Å². The van der Waals surface area contributed by atoms with E-state index in [0.717, 1.165) is 13.0 Å². The molecule has 0 aliphatic carbocycles. The molecule has 1 rings (SSSR count). The first kappa shape index (κ1) is 8.24. The van der Waals surface area contributed by atoms with Gasteiger partial charge in [-0.3, -0.25) is 0 Å². The molecule has 62 valence electrons. The van der Waals surface area contributed by atoms with Crippen LogP contribution in [0, 0.1) is 5.92 Å². The van der Waals surface area contributed by atoms with Crippen molar-refractivity contribution in [2.24, 2.45) is 16.1 Å². The van der Waals surface area contributed by atoms with E-state index in [4.69, 9.17) is 0 Å². The van der Waals surface area contributed by atoms with Crippen molar-refractivity contribution in [2.45, 2.75) is 13.3 Å². The molecule has 3 nitrogen and oxygen atoms in total. The van der Waals surface area contributed by atoms with E-state index < -0.39 is 0 Å². The van der Waals surface area contributed by atoms with Crippen LogP contribution >= 0.6 is 0 Å². The average Bonchev–Trinajstić information content (AvgIpc) is 2.28. The SMILES string of the molecule is CCC1C=C(NC)CN=NC1. The molecule has 0 saturated heterocycles. The second kappa shape index (κ2) is 4.11. The number of rotatable bonds is 2. The first-order valence-electron chi connectivity index (χ1n) is 4.08. The Labute approximate surface area is 67.6 Å². The highest BCUT2D eigenvalue weighted by molar-refractivity contribution is 5.05. The van der Waals surface area contributed by atoms with Gasteiger partial charge in [-0.1, -0.05) is 13.0 Å². The summed E-state index contributed by atoms with van der Waals surface area (Å²) in [5, 5.41) is 11.2. The average molecular weight is 153 g/mol. The largest absolute Gasteiger partial charge is 0.390 e. The van der Waals surface area contributed by atoms with Crippen molar-refractivity contribution in [3.63, 3.8) is 0 Å². The van der Waals surface area contributed by atoms with E-state index in [2.05, 4.69) is 28.5 Å². The molecule has 1 heterocycles. The third kappa shape index (κ3) is 2.33. The summed E-state index contributed by atoms with van der Waals surface area (Å²) >= 11 is 0. The highest BCUT2D eigenvalue weighted by Crippen LogP contribution is 2.11. The van der Waals surface area contributed by atoms with Crippen LogP contribution < -0.4 is 5.32 Å². The molecule has 0 aromatic rings. The predicted octanol–water partition coefficient (Wildman–Crippen LogP) is 1.58. The topological polar surface area (TPSA) is 36.8 Å². The lowest BCUT2D eigenvalue weighted by Gasteiger charge is -2.05. The van der Waals surface area contributed by atoms with Crippen LogP contribution in [-0.4, -0.2) is 20.1 Å². The van der Waals surface area contributed by atoms with Gasteiger partial charge >= 0.3 is 0 Å². The maximum atomic E-state index is 4.05. The number of likely N-dealkylation sites (N-methyl/N-ethyl adjacent to an activating group) is 1. The molecular weight excluding hydrogens is 138 g/mol. The number of hydrogen-bond acceptors (Lipinski definition) is 3. The number of hydrogen-bond donors (Lipinski definition) is 1. The molecular formula is C8H15N3. The molecule has 0 aromatic carbocycles. The molecule has 1 N–H and O–H groups in total. The van der Waals surface area contributed by atoms with Crippen molar-refractivity contribution in [1.29, 1.82) is 0 Å². The summed E-state index contributed by atoms with van der Waals surface area (Å²) in [6, 6.07) is 0. The summed E-state index contributed by atoms with van der Waals surface area (Å²) in [4.78, 5) is 0. The summed E-state index contributed by atoms with van der Waals surface area (Å²) in [5.41, 5.74) is 1.19. The second-order valence-corrected chi connectivity index (χ2v) is 2.73. The minimum atomic E-state index is 0.573. The molecule has 1 atom stereocenters. The lowest BCUT2D eigenvalue weighted by Crippen LogP contribution is -2.10. The van der Waals surface area contributed by atoms with Gasteiger partial charge in [0.1, 0.15) is 0 Å². The van der Waals surface area contributed by atoms with E-state index in [1.165, 1.54) is 5.70 Å². The van der Waals surface area contributed by atoms with Crippen LogP contribution in [-0.2, 0) is 0 Å². The summed E-state index contributed by atoms with van der Waals surface area (Å²) in [6.45, 7) is 3.74. The fourth-order valence-corrected chi connectivity index (χ4v) is 1.09. The fraction of sp³-hybridized carbons (Fsp3) is 0.750. The van der Waals surface area contributed by atoms with Crippen molar-refractivity contribution in [2.75, 3.05) is 20.1 Å². The zero-order valence-electron chi connectivity index (χ0n) is 7.17. The van der Waals surface area contributed by atoms with Gasteiger partial charge in [0.25, 0.3) is 0 Å². The first-order chi connectivity index (χ1) is 5.36. The molecule has 1 unspecified atom stereocenters. The minimum absolute atomic E-state index is 0.573. The van der Waals surface area contributed by atoms with Gasteiger partial charge in [0, 0.05) is 12.7 Å². The predicted molar refractivity (Wildman–Crippen MR) is 45.5 cm³/mol. The quantitative estimate of drug-likeness (QED) is 0.642. The zero-order chi connectivity index (χ0) is 8.10. The number of azo groups is 1. The van der Waals surface area contributed by atoms with E-state index in [0.29, 0.717) is 12.5 Å². The Morgan fingerprint density at radius 2 is 2.45 bits per heavy atom. The highest BCUT2D eigenvalue weighted by Gasteiger charge is 2.06. The van der Waals surface area contributed by atoms with Crippen molar-refractivity contribution < 1.29 is 0 Å². The molecule has 3 heteroatoms. The van der Waals surface area contributed by atoms with Crippen LogP contribution in [0.1, 0.15) is 13.3 Å². The number of nitrogens with one attached hydrogen (secondary N) is 1. The van der Waals surface area contributed by atoms with E-state index in [1.54, 1.807) is 0 Å². The third-order valence-corrected chi connectivity index (χ3v) is 1.94. The van der Waals surface area contributed by atoms with Gasteiger partial charge in [0.2, 0.25) is 0 Å². The smallest absolute Gasteiger partial charge is 0.0991 e. The normalized spacial score (nSPS) is 24.2. The molecule has 11 heavy (non-hydrogen) atoms. The van der Waals surface area contributed by atoms with E-state index in [-0.39, 0.29) is 0 Å². The van der Waals surface area contributed by atoms with Gasteiger partial charge in [0.15, 0.2) is 0 Å². The van der Waals surface area contributed by atoms with Crippen LogP contribution in [0.15, 0.2) is 22.0 Å². The maximum absolute atomic E-state index is 4.05. The van der Waals surface area contributed by atoms with Gasteiger partial charge in [-0.05, 0) is 12.3 Å². The van der Waals surface area contributed by atoms with Crippen LogP contribution in [0.4, 0.5) is 0 Å². The standard InChI is InChI=1S/C8H15N3/c1-3-7-4-8(9-2)6-11-10-5-7/h4,7,9H,3,5-6H2,1-2H3. The summed E-state index contributed by atoms with van der Waals surface area (Å²) in [7, 11) is 1.93. The van der Waals surface area contributed by atoms with Gasteiger partial charge in [-0.25, -0.2) is 0 Å². The molecule has 0 spiro atoms. The lowest BCUT2D eigenvalue weighted by molar-refractivity contribution is 0.628. The van der Waals surface area contributed by atoms with Crippen LogP contribution in [0.3, 0.4) is 0 Å². The Bertz CT molecular complexity index is 172. The summed E-state index contributed by atoms with van der Waals surface area (Å²) in [5.74, 6) is 0.573. The van der Waals surface area contributed by atoms with Gasteiger partial charge < -0.3 is 5.32 Å². The van der Waals surface area contributed by atoms with Gasteiger partial charge in [0.05, 0.1) is 13.1 Å². The Balaban J connectivity index is 2.61. The van der Waals surface area contributed by atoms with Crippen LogP contribution in [0.25, 0.3) is 0 Å². The van der Waals surface area contributed by atoms with Gasteiger partial charge in [-0.15, -0.1) is 0 Å². The van der Waals surface area contributed by atoms with Crippen molar-refractivity contribution in [1.82, 2.24) is 5.32 Å². The Morgan fingerprint density at radius 1 is 1.64 bits per heavy atom. The van der Waals surface area contributed by atoms with Gasteiger partial charge in [-0.2, -0.15) is 10.2 Å². The Hall–Kier alpha value is -0.860.